The predicted molar refractivity (Wildman–Crippen MR) is 58.7 cm³/mol. The van der Waals surface area contributed by atoms with E-state index >= 15 is 0 Å². The first-order chi connectivity index (χ1) is 6.59. The normalized spacial score (nSPS) is 10.7. The average molecular weight is 276 g/mol. The second kappa shape index (κ2) is 5.76. The van der Waals surface area contributed by atoms with E-state index in [4.69, 9.17) is 55.9 Å². The van der Waals surface area contributed by atoms with Gasteiger partial charge in [0.15, 0.2) is 11.5 Å². The van der Waals surface area contributed by atoms with Crippen molar-refractivity contribution in [2.24, 2.45) is 0 Å². The Bertz CT molecular complexity index is 261. The Labute approximate surface area is 102 Å². The summed E-state index contributed by atoms with van der Waals surface area (Å²) in [4.78, 5) is 0. The summed E-state index contributed by atoms with van der Waals surface area (Å²) in [5.74, 6) is 0.766. The molecule has 0 spiro atoms. The van der Waals surface area contributed by atoms with Crippen LogP contribution in [0.25, 0.3) is 0 Å². The molecule has 0 amide bonds. The summed E-state index contributed by atoms with van der Waals surface area (Å²) >= 11 is 21.8. The second-order valence-corrected chi connectivity index (χ2v) is 4.24. The van der Waals surface area contributed by atoms with Gasteiger partial charge in [-0.1, -0.05) is 58.5 Å². The summed E-state index contributed by atoms with van der Waals surface area (Å²) < 4.78 is 10.1. The maximum Gasteiger partial charge on any atom is 0.248 e. The summed E-state index contributed by atoms with van der Waals surface area (Å²) in [7, 11) is 0. The number of ether oxygens (including phenoxy) is 2. The van der Waals surface area contributed by atoms with E-state index in [1.165, 1.54) is 0 Å². The molecule has 0 saturated heterocycles. The van der Waals surface area contributed by atoms with E-state index < -0.39 is 10.0 Å². The lowest BCUT2D eigenvalue weighted by atomic mass is 10.3. The van der Waals surface area contributed by atoms with Crippen LogP contribution in [0.2, 0.25) is 0 Å². The topological polar surface area (TPSA) is 18.5 Å². The van der Waals surface area contributed by atoms with E-state index in [2.05, 4.69) is 0 Å². The van der Waals surface area contributed by atoms with Gasteiger partial charge in [-0.3, -0.25) is 0 Å². The van der Waals surface area contributed by atoms with Crippen LogP contribution in [0.15, 0.2) is 24.3 Å². The molecule has 0 saturated carbocycles. The number of para-hydroxylation sites is 2. The Morgan fingerprint density at radius 3 is 1.43 bits per heavy atom. The van der Waals surface area contributed by atoms with Gasteiger partial charge in [0.2, 0.25) is 10.0 Å². The molecule has 1 aromatic rings. The maximum atomic E-state index is 5.44. The van der Waals surface area contributed by atoms with E-state index in [0.29, 0.717) is 11.5 Å². The highest BCUT2D eigenvalue weighted by atomic mass is 35.5. The van der Waals surface area contributed by atoms with Crippen LogP contribution >= 0.6 is 46.4 Å². The highest BCUT2D eigenvalue weighted by Gasteiger charge is 2.10. The Balaban J connectivity index is 2.80. The van der Waals surface area contributed by atoms with Crippen molar-refractivity contribution in [1.29, 1.82) is 0 Å². The Hall–Kier alpha value is -0.0200. The van der Waals surface area contributed by atoms with Crippen LogP contribution in [0.3, 0.4) is 0 Å². The first kappa shape index (κ1) is 12.1. The van der Waals surface area contributed by atoms with Gasteiger partial charge in [-0.2, -0.15) is 0 Å². The van der Waals surface area contributed by atoms with Crippen LogP contribution in [0.4, 0.5) is 0 Å². The molecular weight excluding hydrogens is 270 g/mol. The Morgan fingerprint density at radius 1 is 0.786 bits per heavy atom. The zero-order chi connectivity index (χ0) is 10.6. The quantitative estimate of drug-likeness (QED) is 0.775. The van der Waals surface area contributed by atoms with E-state index in [1.54, 1.807) is 24.3 Å². The van der Waals surface area contributed by atoms with Crippen LogP contribution in [0.5, 0.6) is 11.5 Å². The fourth-order valence-electron chi connectivity index (χ4n) is 0.837. The molecule has 0 bridgehead atoms. The minimum atomic E-state index is -0.969. The third-order valence-electron chi connectivity index (χ3n) is 1.28. The van der Waals surface area contributed by atoms with Gasteiger partial charge in [0.1, 0.15) is 0 Å². The molecule has 0 aliphatic rings. The number of alkyl halides is 4. The maximum absolute atomic E-state index is 5.44. The number of rotatable bonds is 4. The Kier molecular flexibility index (Phi) is 4.96. The minimum Gasteiger partial charge on any atom is -0.457 e. The first-order valence-corrected chi connectivity index (χ1v) is 5.33. The van der Waals surface area contributed by atoms with Gasteiger partial charge in [-0.15, -0.1) is 0 Å². The van der Waals surface area contributed by atoms with Crippen molar-refractivity contribution < 1.29 is 9.47 Å². The molecule has 0 radical (unpaired) electrons. The van der Waals surface area contributed by atoms with E-state index in [-0.39, 0.29) is 0 Å². The molecule has 78 valence electrons. The molecule has 1 aromatic carbocycles. The summed E-state index contributed by atoms with van der Waals surface area (Å²) in [6.07, 6.45) is 0. The third kappa shape index (κ3) is 4.01. The molecule has 0 fully saturated rings. The molecule has 0 aliphatic carbocycles. The average Bonchev–Trinajstić information content (AvgIpc) is 2.06. The lowest BCUT2D eigenvalue weighted by Gasteiger charge is -2.12. The summed E-state index contributed by atoms with van der Waals surface area (Å²) in [6, 6.07) is 6.78. The molecule has 0 aliphatic heterocycles. The molecular formula is C8H6Cl4O2. The monoisotopic (exact) mass is 274 g/mol. The molecule has 14 heavy (non-hydrogen) atoms. The van der Waals surface area contributed by atoms with E-state index in [9.17, 15) is 0 Å². The van der Waals surface area contributed by atoms with Crippen LogP contribution in [0, 0.1) is 0 Å². The lowest BCUT2D eigenvalue weighted by Crippen LogP contribution is -2.04. The zero-order valence-electron chi connectivity index (χ0n) is 6.79. The fraction of sp³-hybridized carbons (Fsp3) is 0.250. The zero-order valence-corrected chi connectivity index (χ0v) is 9.82. The van der Waals surface area contributed by atoms with Gasteiger partial charge >= 0.3 is 0 Å². The summed E-state index contributed by atoms with van der Waals surface area (Å²) in [6.45, 7) is 0. The summed E-state index contributed by atoms with van der Waals surface area (Å²) in [5, 5.41) is -1.94. The second-order valence-electron chi connectivity index (χ2n) is 2.20. The smallest absolute Gasteiger partial charge is 0.248 e. The highest BCUT2D eigenvalue weighted by Crippen LogP contribution is 2.30. The highest BCUT2D eigenvalue weighted by molar-refractivity contribution is 6.43. The van der Waals surface area contributed by atoms with Crippen LogP contribution < -0.4 is 9.47 Å². The largest absolute Gasteiger partial charge is 0.457 e. The SMILES string of the molecule is ClC(Cl)Oc1ccccc1OC(Cl)Cl. The number of halogens is 4. The summed E-state index contributed by atoms with van der Waals surface area (Å²) in [5.41, 5.74) is 0. The molecule has 0 N–H and O–H groups in total. The van der Waals surface area contributed by atoms with Crippen molar-refractivity contribution in [1.82, 2.24) is 0 Å². The predicted octanol–water partition coefficient (Wildman–Crippen LogP) is 3.97. The molecule has 1 rings (SSSR count). The molecule has 0 heterocycles. The van der Waals surface area contributed by atoms with Crippen molar-refractivity contribution in [3.8, 4) is 11.5 Å². The van der Waals surface area contributed by atoms with Crippen LogP contribution in [0.1, 0.15) is 0 Å². The molecule has 0 unspecified atom stereocenters. The standard InChI is InChI=1S/C8H6Cl4O2/c9-7(10)13-5-3-1-2-4-6(5)14-8(11)12/h1-4,7-8H. The molecule has 0 atom stereocenters. The van der Waals surface area contributed by atoms with Crippen molar-refractivity contribution in [2.75, 3.05) is 0 Å². The molecule has 2 nitrogen and oxygen atoms in total. The van der Waals surface area contributed by atoms with E-state index in [0.717, 1.165) is 0 Å². The van der Waals surface area contributed by atoms with Gasteiger partial charge in [0.05, 0.1) is 0 Å². The van der Waals surface area contributed by atoms with Gasteiger partial charge < -0.3 is 9.47 Å². The van der Waals surface area contributed by atoms with Gasteiger partial charge in [-0.25, -0.2) is 0 Å². The molecule has 0 aromatic heterocycles. The number of hydrogen-bond donors (Lipinski definition) is 0. The van der Waals surface area contributed by atoms with Gasteiger partial charge in [-0.05, 0) is 12.1 Å². The molecule has 6 heteroatoms. The van der Waals surface area contributed by atoms with Gasteiger partial charge in [0.25, 0.3) is 0 Å². The number of hydrogen-bond acceptors (Lipinski definition) is 2. The van der Waals surface area contributed by atoms with Crippen molar-refractivity contribution in [2.45, 2.75) is 10.0 Å². The first-order valence-electron chi connectivity index (χ1n) is 3.58. The van der Waals surface area contributed by atoms with Crippen molar-refractivity contribution in [3.63, 3.8) is 0 Å². The van der Waals surface area contributed by atoms with E-state index in [1.807, 2.05) is 0 Å². The van der Waals surface area contributed by atoms with Crippen LogP contribution in [-0.4, -0.2) is 10.0 Å². The van der Waals surface area contributed by atoms with Crippen LogP contribution in [-0.2, 0) is 0 Å². The van der Waals surface area contributed by atoms with Crippen molar-refractivity contribution in [3.05, 3.63) is 24.3 Å². The number of benzene rings is 1. The minimum absolute atomic E-state index is 0.383. The van der Waals surface area contributed by atoms with Gasteiger partial charge in [0, 0.05) is 0 Å². The fourth-order valence-corrected chi connectivity index (χ4v) is 1.22. The lowest BCUT2D eigenvalue weighted by molar-refractivity contribution is 0.299. The van der Waals surface area contributed by atoms with Crippen molar-refractivity contribution >= 4 is 46.4 Å². The third-order valence-corrected chi connectivity index (χ3v) is 1.64. The Morgan fingerprint density at radius 2 is 1.14 bits per heavy atom.